The van der Waals surface area contributed by atoms with E-state index < -0.39 is 5.97 Å². The summed E-state index contributed by atoms with van der Waals surface area (Å²) in [5, 5.41) is 7.56. The molecule has 0 aliphatic carbocycles. The average Bonchev–Trinajstić information content (AvgIpc) is 2.25. The smallest absolute Gasteiger partial charge is 0.356 e. The number of allylic oxidation sites excluding steroid dienone is 2. The molecule has 0 saturated heterocycles. The lowest BCUT2D eigenvalue weighted by atomic mass is 10.1. The zero-order valence-corrected chi connectivity index (χ0v) is 9.00. The Morgan fingerprint density at radius 3 is 2.33 bits per heavy atom. The maximum Gasteiger partial charge on any atom is 0.356 e. The quantitative estimate of drug-likeness (QED) is 0.314. The van der Waals surface area contributed by atoms with E-state index in [1.165, 1.54) is 19.3 Å². The number of carbonyl (C=O) groups is 1. The summed E-state index contributed by atoms with van der Waals surface area (Å²) in [7, 11) is 1.43. The second-order valence-electron chi connectivity index (χ2n) is 2.49. The zero-order chi connectivity index (χ0) is 11.8. The van der Waals surface area contributed by atoms with E-state index in [4.69, 9.17) is 14.9 Å². The molecule has 0 atom stereocenters. The summed E-state index contributed by atoms with van der Waals surface area (Å²) >= 11 is 0. The fraction of sp³-hybridized carbons (Fsp3) is 0.273. The zero-order valence-electron chi connectivity index (χ0n) is 9.00. The summed E-state index contributed by atoms with van der Waals surface area (Å²) in [5.74, 6) is -0.383. The van der Waals surface area contributed by atoms with Crippen LogP contribution in [0.15, 0.2) is 36.6 Å². The normalized spacial score (nSPS) is 11.1. The van der Waals surface area contributed by atoms with Crippen molar-refractivity contribution in [2.45, 2.75) is 6.92 Å². The fourth-order valence-corrected chi connectivity index (χ4v) is 0.942. The van der Waals surface area contributed by atoms with Gasteiger partial charge in [-0.25, -0.2) is 4.79 Å². The molecule has 15 heavy (non-hydrogen) atoms. The van der Waals surface area contributed by atoms with Gasteiger partial charge in [-0.15, -0.1) is 0 Å². The van der Waals surface area contributed by atoms with Gasteiger partial charge in [0.25, 0.3) is 0 Å². The molecule has 0 saturated carbocycles. The Balaban J connectivity index is 5.06. The minimum Gasteiger partial charge on any atom is -0.496 e. The van der Waals surface area contributed by atoms with Crippen molar-refractivity contribution < 1.29 is 14.3 Å². The molecule has 0 aliphatic heterocycles. The number of hydrogen-bond donors (Lipinski definition) is 1. The van der Waals surface area contributed by atoms with E-state index in [1.807, 2.05) is 0 Å². The Labute approximate surface area is 89.4 Å². The summed E-state index contributed by atoms with van der Waals surface area (Å²) in [5.41, 5.74) is -0.0189. The molecule has 4 heteroatoms. The van der Waals surface area contributed by atoms with Crippen LogP contribution in [0, 0.1) is 5.41 Å². The third-order valence-corrected chi connectivity index (χ3v) is 1.62. The van der Waals surface area contributed by atoms with E-state index >= 15 is 0 Å². The molecule has 0 rings (SSSR count). The van der Waals surface area contributed by atoms with Gasteiger partial charge in [-0.2, -0.15) is 0 Å². The van der Waals surface area contributed by atoms with E-state index in [0.717, 1.165) is 0 Å². The first-order valence-electron chi connectivity index (χ1n) is 4.41. The molecular weight excluding hydrogens is 194 g/mol. The second kappa shape index (κ2) is 6.59. The third-order valence-electron chi connectivity index (χ3n) is 1.62. The maximum atomic E-state index is 11.3. The number of rotatable bonds is 6. The maximum absolute atomic E-state index is 11.3. The Hall–Kier alpha value is -1.84. The predicted octanol–water partition coefficient (Wildman–Crippen LogP) is 1.84. The van der Waals surface area contributed by atoms with Crippen molar-refractivity contribution in [3.8, 4) is 0 Å². The molecule has 0 aromatic carbocycles. The molecule has 0 spiro atoms. The number of nitrogens with one attached hydrogen (secondary N) is 1. The molecule has 0 aliphatic rings. The minimum atomic E-state index is -0.705. The second-order valence-corrected chi connectivity index (χ2v) is 2.49. The molecular formula is C11H15NO3. The van der Waals surface area contributed by atoms with Crippen LogP contribution in [0.3, 0.4) is 0 Å². The standard InChI is InChI=1S/C11H15NO3/c1-5-8(9(6-2)14-4)10(12)11(13)15-7-3/h5-6,12H,1-2,7H2,3-4H3/b9-8-,12-10?. The van der Waals surface area contributed by atoms with Crippen LogP contribution in [-0.4, -0.2) is 25.4 Å². The Morgan fingerprint density at radius 1 is 1.40 bits per heavy atom. The lowest BCUT2D eigenvalue weighted by Gasteiger charge is -2.08. The van der Waals surface area contributed by atoms with Crippen molar-refractivity contribution in [3.63, 3.8) is 0 Å². The molecule has 0 unspecified atom stereocenters. The fourth-order valence-electron chi connectivity index (χ4n) is 0.942. The summed E-state index contributed by atoms with van der Waals surface area (Å²) in [6.07, 6.45) is 2.77. The van der Waals surface area contributed by atoms with Crippen molar-refractivity contribution in [1.82, 2.24) is 0 Å². The van der Waals surface area contributed by atoms with Crippen molar-refractivity contribution in [3.05, 3.63) is 36.6 Å². The van der Waals surface area contributed by atoms with Crippen LogP contribution >= 0.6 is 0 Å². The van der Waals surface area contributed by atoms with E-state index in [2.05, 4.69) is 13.2 Å². The summed E-state index contributed by atoms with van der Waals surface area (Å²) in [4.78, 5) is 11.3. The van der Waals surface area contributed by atoms with Gasteiger partial charge in [0.1, 0.15) is 5.76 Å². The molecule has 0 bridgehead atoms. The molecule has 0 heterocycles. The van der Waals surface area contributed by atoms with Crippen LogP contribution in [0.25, 0.3) is 0 Å². The van der Waals surface area contributed by atoms with Crippen molar-refractivity contribution in [2.75, 3.05) is 13.7 Å². The number of hydrogen-bond acceptors (Lipinski definition) is 4. The highest BCUT2D eigenvalue weighted by Gasteiger charge is 2.16. The van der Waals surface area contributed by atoms with Crippen molar-refractivity contribution >= 4 is 11.7 Å². The summed E-state index contributed by atoms with van der Waals surface area (Å²) in [6, 6.07) is 0. The molecule has 0 aromatic heterocycles. The van der Waals surface area contributed by atoms with Gasteiger partial charge in [-0.1, -0.05) is 19.2 Å². The summed E-state index contributed by atoms with van der Waals surface area (Å²) in [6.45, 7) is 8.91. The minimum absolute atomic E-state index is 0.224. The van der Waals surface area contributed by atoms with Gasteiger partial charge in [0.2, 0.25) is 0 Å². The number of carbonyl (C=O) groups excluding carboxylic acids is 1. The Bertz CT molecular complexity index is 316. The van der Waals surface area contributed by atoms with Crippen molar-refractivity contribution in [2.24, 2.45) is 0 Å². The highest BCUT2D eigenvalue weighted by Crippen LogP contribution is 2.10. The number of esters is 1. The van der Waals surface area contributed by atoms with E-state index in [9.17, 15) is 4.79 Å². The van der Waals surface area contributed by atoms with Crippen LogP contribution < -0.4 is 0 Å². The molecule has 0 aromatic rings. The van der Waals surface area contributed by atoms with Crippen LogP contribution in [-0.2, 0) is 14.3 Å². The first-order chi connectivity index (χ1) is 7.12. The SMILES string of the molecule is C=C/C(OC)=C(\C=C)C(=N)C(=O)OCC. The lowest BCUT2D eigenvalue weighted by molar-refractivity contribution is -0.135. The Kier molecular flexibility index (Phi) is 5.78. The van der Waals surface area contributed by atoms with Crippen LogP contribution in [0.4, 0.5) is 0 Å². The lowest BCUT2D eigenvalue weighted by Crippen LogP contribution is -2.19. The highest BCUT2D eigenvalue weighted by molar-refractivity contribution is 6.42. The van der Waals surface area contributed by atoms with Gasteiger partial charge in [0.15, 0.2) is 5.71 Å². The number of ether oxygens (including phenoxy) is 2. The van der Waals surface area contributed by atoms with Gasteiger partial charge in [-0.3, -0.25) is 5.41 Å². The molecule has 0 fully saturated rings. The van der Waals surface area contributed by atoms with Crippen LogP contribution in [0.5, 0.6) is 0 Å². The van der Waals surface area contributed by atoms with Gasteiger partial charge in [0, 0.05) is 5.57 Å². The molecule has 1 N–H and O–H groups in total. The van der Waals surface area contributed by atoms with E-state index in [1.54, 1.807) is 6.92 Å². The first-order valence-corrected chi connectivity index (χ1v) is 4.41. The van der Waals surface area contributed by atoms with Crippen LogP contribution in [0.2, 0.25) is 0 Å². The van der Waals surface area contributed by atoms with Crippen LogP contribution in [0.1, 0.15) is 6.92 Å². The van der Waals surface area contributed by atoms with Gasteiger partial charge >= 0.3 is 5.97 Å². The van der Waals surface area contributed by atoms with Gasteiger partial charge < -0.3 is 9.47 Å². The first kappa shape index (κ1) is 13.2. The summed E-state index contributed by atoms with van der Waals surface area (Å²) < 4.78 is 9.63. The monoisotopic (exact) mass is 209 g/mol. The van der Waals surface area contributed by atoms with Gasteiger partial charge in [0.05, 0.1) is 13.7 Å². The van der Waals surface area contributed by atoms with E-state index in [0.29, 0.717) is 5.76 Å². The Morgan fingerprint density at radius 2 is 2.00 bits per heavy atom. The predicted molar refractivity (Wildman–Crippen MR) is 58.8 cm³/mol. The van der Waals surface area contributed by atoms with Gasteiger partial charge in [-0.05, 0) is 13.0 Å². The highest BCUT2D eigenvalue weighted by atomic mass is 16.5. The number of methoxy groups -OCH3 is 1. The third kappa shape index (κ3) is 3.42. The van der Waals surface area contributed by atoms with Crippen molar-refractivity contribution in [1.29, 1.82) is 5.41 Å². The molecule has 82 valence electrons. The molecule has 0 radical (unpaired) electrons. The molecule has 4 nitrogen and oxygen atoms in total. The largest absolute Gasteiger partial charge is 0.496 e. The topological polar surface area (TPSA) is 59.4 Å². The molecule has 0 amide bonds. The average molecular weight is 209 g/mol. The van der Waals surface area contributed by atoms with E-state index in [-0.39, 0.29) is 17.9 Å².